The SMILES string of the molecule is CCC(CSC)NC(=O)C(C)(C)CCl. The third-order valence-corrected chi connectivity index (χ3v) is 3.55. The molecule has 4 heteroatoms. The average Bonchev–Trinajstić information content (AvgIpc) is 2.16. The molecule has 0 aliphatic carbocycles. The van der Waals surface area contributed by atoms with E-state index in [0.29, 0.717) is 5.88 Å². The smallest absolute Gasteiger partial charge is 0.227 e. The Hall–Kier alpha value is 0.110. The van der Waals surface area contributed by atoms with Gasteiger partial charge in [0.2, 0.25) is 5.91 Å². The molecule has 0 aromatic carbocycles. The van der Waals surface area contributed by atoms with Gasteiger partial charge in [0.05, 0.1) is 5.41 Å². The molecule has 0 aromatic heterocycles. The lowest BCUT2D eigenvalue weighted by molar-refractivity contribution is -0.128. The second-order valence-corrected chi connectivity index (χ2v) is 5.23. The number of halogens is 1. The molecular formula is C10H20ClNOS. The Balaban J connectivity index is 4.15. The second-order valence-electron chi connectivity index (χ2n) is 4.05. The number of thioether (sulfide) groups is 1. The highest BCUT2D eigenvalue weighted by Crippen LogP contribution is 2.17. The summed E-state index contributed by atoms with van der Waals surface area (Å²) in [4.78, 5) is 11.7. The van der Waals surface area contributed by atoms with Crippen LogP contribution >= 0.6 is 23.4 Å². The van der Waals surface area contributed by atoms with Gasteiger partial charge in [-0.1, -0.05) is 6.92 Å². The van der Waals surface area contributed by atoms with Crippen LogP contribution in [0.15, 0.2) is 0 Å². The molecule has 0 aliphatic rings. The van der Waals surface area contributed by atoms with Crippen molar-refractivity contribution in [1.82, 2.24) is 5.32 Å². The first-order valence-corrected chi connectivity index (χ1v) is 6.76. The van der Waals surface area contributed by atoms with Crippen LogP contribution in [0.1, 0.15) is 27.2 Å². The van der Waals surface area contributed by atoms with E-state index in [9.17, 15) is 4.79 Å². The highest BCUT2D eigenvalue weighted by Gasteiger charge is 2.27. The molecule has 14 heavy (non-hydrogen) atoms. The largest absolute Gasteiger partial charge is 0.352 e. The molecule has 0 aliphatic heterocycles. The Morgan fingerprint density at radius 2 is 2.14 bits per heavy atom. The van der Waals surface area contributed by atoms with Gasteiger partial charge in [-0.25, -0.2) is 0 Å². The fourth-order valence-corrected chi connectivity index (χ4v) is 1.75. The number of nitrogens with one attached hydrogen (secondary N) is 1. The minimum absolute atomic E-state index is 0.0494. The Labute approximate surface area is 96.2 Å². The van der Waals surface area contributed by atoms with Crippen molar-refractivity contribution >= 4 is 29.3 Å². The summed E-state index contributed by atoms with van der Waals surface area (Å²) in [7, 11) is 0. The fraction of sp³-hybridized carbons (Fsp3) is 0.900. The van der Waals surface area contributed by atoms with Gasteiger partial charge in [0.25, 0.3) is 0 Å². The van der Waals surface area contributed by atoms with E-state index in [1.165, 1.54) is 0 Å². The zero-order chi connectivity index (χ0) is 11.2. The molecule has 0 saturated heterocycles. The van der Waals surface area contributed by atoms with E-state index in [-0.39, 0.29) is 11.9 Å². The number of hydrogen-bond donors (Lipinski definition) is 1. The average molecular weight is 238 g/mol. The molecule has 1 amide bonds. The third-order valence-electron chi connectivity index (χ3n) is 2.14. The predicted octanol–water partition coefficient (Wildman–Crippen LogP) is 2.51. The third kappa shape index (κ3) is 4.56. The van der Waals surface area contributed by atoms with Crippen LogP contribution in [-0.2, 0) is 4.79 Å². The molecular weight excluding hydrogens is 218 g/mol. The van der Waals surface area contributed by atoms with Crippen molar-refractivity contribution in [2.24, 2.45) is 5.41 Å². The summed E-state index contributed by atoms with van der Waals surface area (Å²) in [5.41, 5.74) is -0.465. The first-order chi connectivity index (χ1) is 6.47. The number of hydrogen-bond acceptors (Lipinski definition) is 2. The van der Waals surface area contributed by atoms with Crippen LogP contribution in [0.25, 0.3) is 0 Å². The van der Waals surface area contributed by atoms with Gasteiger partial charge in [-0.3, -0.25) is 4.79 Å². The number of carbonyl (C=O) groups is 1. The van der Waals surface area contributed by atoms with Crippen molar-refractivity contribution in [3.63, 3.8) is 0 Å². The summed E-state index contributed by atoms with van der Waals surface area (Å²) in [5, 5.41) is 3.01. The van der Waals surface area contributed by atoms with Crippen molar-refractivity contribution in [2.45, 2.75) is 33.2 Å². The predicted molar refractivity (Wildman–Crippen MR) is 65.1 cm³/mol. The van der Waals surface area contributed by atoms with Crippen LogP contribution in [0.3, 0.4) is 0 Å². The molecule has 0 aromatic rings. The van der Waals surface area contributed by atoms with Crippen LogP contribution in [0.4, 0.5) is 0 Å². The molecule has 1 unspecified atom stereocenters. The molecule has 2 nitrogen and oxygen atoms in total. The standard InChI is InChI=1S/C10H20ClNOS/c1-5-8(6-14-4)12-9(13)10(2,3)7-11/h8H,5-7H2,1-4H3,(H,12,13). The molecule has 84 valence electrons. The van der Waals surface area contributed by atoms with Gasteiger partial charge in [0.15, 0.2) is 0 Å². The normalized spacial score (nSPS) is 13.8. The molecule has 0 bridgehead atoms. The Bertz CT molecular complexity index is 185. The van der Waals surface area contributed by atoms with Gasteiger partial charge in [-0.05, 0) is 26.5 Å². The van der Waals surface area contributed by atoms with Crippen molar-refractivity contribution in [3.8, 4) is 0 Å². The molecule has 1 N–H and O–H groups in total. The molecule has 0 saturated carbocycles. The quantitative estimate of drug-likeness (QED) is 0.720. The zero-order valence-corrected chi connectivity index (χ0v) is 11.0. The number of alkyl halides is 1. The van der Waals surface area contributed by atoms with E-state index in [1.807, 2.05) is 20.1 Å². The first-order valence-electron chi connectivity index (χ1n) is 4.83. The molecule has 0 heterocycles. The van der Waals surface area contributed by atoms with Gasteiger partial charge in [-0.15, -0.1) is 11.6 Å². The van der Waals surface area contributed by atoms with Gasteiger partial charge in [0, 0.05) is 17.7 Å². The van der Waals surface area contributed by atoms with Crippen LogP contribution in [0, 0.1) is 5.41 Å². The maximum atomic E-state index is 11.7. The van der Waals surface area contributed by atoms with E-state index in [4.69, 9.17) is 11.6 Å². The summed E-state index contributed by atoms with van der Waals surface area (Å²) < 4.78 is 0. The van der Waals surface area contributed by atoms with E-state index in [1.54, 1.807) is 11.8 Å². The van der Waals surface area contributed by atoms with Crippen LogP contribution in [0.2, 0.25) is 0 Å². The van der Waals surface area contributed by atoms with Crippen molar-refractivity contribution in [3.05, 3.63) is 0 Å². The highest BCUT2D eigenvalue weighted by molar-refractivity contribution is 7.98. The van der Waals surface area contributed by atoms with Crippen molar-refractivity contribution < 1.29 is 4.79 Å². The summed E-state index contributed by atoms with van der Waals surface area (Å²) >= 11 is 7.47. The summed E-state index contributed by atoms with van der Waals surface area (Å²) in [5.74, 6) is 1.36. The topological polar surface area (TPSA) is 29.1 Å². The first kappa shape index (κ1) is 14.1. The maximum Gasteiger partial charge on any atom is 0.227 e. The monoisotopic (exact) mass is 237 g/mol. The lowest BCUT2D eigenvalue weighted by Gasteiger charge is -2.24. The van der Waals surface area contributed by atoms with Crippen LogP contribution < -0.4 is 5.32 Å². The second kappa shape index (κ2) is 6.57. The minimum atomic E-state index is -0.465. The van der Waals surface area contributed by atoms with E-state index in [2.05, 4.69) is 12.2 Å². The summed E-state index contributed by atoms with van der Waals surface area (Å²) in [6.45, 7) is 5.80. The lowest BCUT2D eigenvalue weighted by atomic mass is 9.95. The summed E-state index contributed by atoms with van der Waals surface area (Å²) in [6.07, 6.45) is 3.01. The van der Waals surface area contributed by atoms with E-state index in [0.717, 1.165) is 12.2 Å². The van der Waals surface area contributed by atoms with Crippen LogP contribution in [0.5, 0.6) is 0 Å². The Kier molecular flexibility index (Phi) is 6.62. The molecule has 0 radical (unpaired) electrons. The maximum absolute atomic E-state index is 11.7. The zero-order valence-electron chi connectivity index (χ0n) is 9.39. The molecule has 0 rings (SSSR count). The van der Waals surface area contributed by atoms with E-state index < -0.39 is 5.41 Å². The Morgan fingerprint density at radius 3 is 2.50 bits per heavy atom. The highest BCUT2D eigenvalue weighted by atomic mass is 35.5. The van der Waals surface area contributed by atoms with Gasteiger partial charge < -0.3 is 5.32 Å². The van der Waals surface area contributed by atoms with Crippen molar-refractivity contribution in [1.29, 1.82) is 0 Å². The van der Waals surface area contributed by atoms with Crippen molar-refractivity contribution in [2.75, 3.05) is 17.9 Å². The van der Waals surface area contributed by atoms with Gasteiger partial charge in [-0.2, -0.15) is 11.8 Å². The minimum Gasteiger partial charge on any atom is -0.352 e. The lowest BCUT2D eigenvalue weighted by Crippen LogP contribution is -2.44. The van der Waals surface area contributed by atoms with Crippen LogP contribution in [-0.4, -0.2) is 29.8 Å². The number of carbonyl (C=O) groups excluding carboxylic acids is 1. The van der Waals surface area contributed by atoms with E-state index >= 15 is 0 Å². The molecule has 0 spiro atoms. The number of rotatable bonds is 6. The summed E-state index contributed by atoms with van der Waals surface area (Å²) in [6, 6.07) is 0.264. The Morgan fingerprint density at radius 1 is 1.57 bits per heavy atom. The fourth-order valence-electron chi connectivity index (χ4n) is 0.904. The molecule has 1 atom stereocenters. The number of amides is 1. The van der Waals surface area contributed by atoms with Gasteiger partial charge >= 0.3 is 0 Å². The molecule has 0 fully saturated rings. The van der Waals surface area contributed by atoms with Gasteiger partial charge in [0.1, 0.15) is 0 Å².